The number of tetrazole rings is 1. The molecular weight excluding hydrogens is 476 g/mol. The molecule has 3 aromatic carbocycles. The van der Waals surface area contributed by atoms with Crippen molar-refractivity contribution in [1.82, 2.24) is 30.4 Å². The molecule has 4 aromatic rings. The van der Waals surface area contributed by atoms with Crippen LogP contribution in [0.4, 0.5) is 0 Å². The first-order chi connectivity index (χ1) is 17.6. The van der Waals surface area contributed by atoms with Gasteiger partial charge in [0.1, 0.15) is 17.8 Å². The third-order valence-corrected chi connectivity index (χ3v) is 6.56. The highest BCUT2D eigenvalue weighted by atomic mass is 35.5. The predicted molar refractivity (Wildman–Crippen MR) is 137 cm³/mol. The molecule has 1 saturated heterocycles. The van der Waals surface area contributed by atoms with E-state index < -0.39 is 0 Å². The summed E-state index contributed by atoms with van der Waals surface area (Å²) in [4.78, 5) is 15.4. The van der Waals surface area contributed by atoms with Crippen molar-refractivity contribution in [3.05, 3.63) is 101 Å². The van der Waals surface area contributed by atoms with Gasteiger partial charge in [-0.1, -0.05) is 54.1 Å². The highest BCUT2D eigenvalue weighted by molar-refractivity contribution is 6.30. The van der Waals surface area contributed by atoms with Crippen molar-refractivity contribution in [2.24, 2.45) is 0 Å². The summed E-state index contributed by atoms with van der Waals surface area (Å²) in [6.07, 6.45) is 3.04. The van der Waals surface area contributed by atoms with E-state index in [1.54, 1.807) is 23.1 Å². The van der Waals surface area contributed by atoms with Crippen molar-refractivity contribution < 1.29 is 9.53 Å². The van der Waals surface area contributed by atoms with Gasteiger partial charge in [-0.3, -0.25) is 9.69 Å². The maximum Gasteiger partial charge on any atom is 0.237 e. The van der Waals surface area contributed by atoms with Gasteiger partial charge < -0.3 is 10.1 Å². The number of nitrogens with one attached hydrogen (secondary N) is 1. The van der Waals surface area contributed by atoms with Crippen LogP contribution in [0.1, 0.15) is 23.6 Å². The van der Waals surface area contributed by atoms with E-state index in [9.17, 15) is 4.79 Å². The highest BCUT2D eigenvalue weighted by Gasteiger charge is 2.38. The molecule has 9 heteroatoms. The molecule has 36 heavy (non-hydrogen) atoms. The molecule has 0 spiro atoms. The fourth-order valence-electron chi connectivity index (χ4n) is 4.53. The second kappa shape index (κ2) is 11.3. The van der Waals surface area contributed by atoms with E-state index in [0.717, 1.165) is 17.7 Å². The molecule has 1 aromatic heterocycles. The van der Waals surface area contributed by atoms with Crippen LogP contribution in [-0.4, -0.2) is 50.1 Å². The molecule has 0 unspecified atom stereocenters. The lowest BCUT2D eigenvalue weighted by atomic mass is 10.1. The first-order valence-corrected chi connectivity index (χ1v) is 12.3. The molecule has 0 radical (unpaired) electrons. The molecule has 0 saturated carbocycles. The Labute approximate surface area is 214 Å². The molecule has 1 N–H and O–H groups in total. The molecule has 2 heterocycles. The molecule has 1 fully saturated rings. The van der Waals surface area contributed by atoms with Crippen molar-refractivity contribution in [3.8, 4) is 11.5 Å². The third kappa shape index (κ3) is 6.08. The molecule has 1 aliphatic rings. The van der Waals surface area contributed by atoms with Gasteiger partial charge in [0.25, 0.3) is 0 Å². The maximum atomic E-state index is 13.2. The summed E-state index contributed by atoms with van der Waals surface area (Å²) >= 11 is 5.98. The molecular formula is C27H27ClN6O2. The fourth-order valence-corrected chi connectivity index (χ4v) is 4.65. The van der Waals surface area contributed by atoms with E-state index in [-0.39, 0.29) is 18.0 Å². The van der Waals surface area contributed by atoms with E-state index in [0.29, 0.717) is 36.8 Å². The lowest BCUT2D eigenvalue weighted by molar-refractivity contribution is -0.125. The van der Waals surface area contributed by atoms with Gasteiger partial charge in [-0.25, -0.2) is 4.68 Å². The van der Waals surface area contributed by atoms with Crippen LogP contribution in [0.5, 0.6) is 11.5 Å². The van der Waals surface area contributed by atoms with Crippen LogP contribution in [0.15, 0.2) is 85.2 Å². The summed E-state index contributed by atoms with van der Waals surface area (Å²) < 4.78 is 7.74. The van der Waals surface area contributed by atoms with Gasteiger partial charge in [0, 0.05) is 24.7 Å². The van der Waals surface area contributed by atoms with Crippen LogP contribution in [-0.2, 0) is 17.8 Å². The van der Waals surface area contributed by atoms with Gasteiger partial charge in [-0.05, 0) is 70.8 Å². The summed E-state index contributed by atoms with van der Waals surface area (Å²) in [5.74, 6) is 1.47. The summed E-state index contributed by atoms with van der Waals surface area (Å²) in [5, 5.41) is 15.4. The van der Waals surface area contributed by atoms with Crippen LogP contribution < -0.4 is 10.1 Å². The second-order valence-corrected chi connectivity index (χ2v) is 9.29. The van der Waals surface area contributed by atoms with Gasteiger partial charge in [-0.2, -0.15) is 0 Å². The zero-order valence-electron chi connectivity index (χ0n) is 19.7. The van der Waals surface area contributed by atoms with E-state index in [1.165, 1.54) is 5.56 Å². The molecule has 184 valence electrons. The molecule has 0 aliphatic carbocycles. The Hall–Kier alpha value is -3.75. The number of carbonyl (C=O) groups excluding carboxylic acids is 1. The maximum absolute atomic E-state index is 13.2. The van der Waals surface area contributed by atoms with Gasteiger partial charge in [0.05, 0.1) is 12.1 Å². The Balaban J connectivity index is 1.26. The van der Waals surface area contributed by atoms with Crippen LogP contribution in [0.2, 0.25) is 5.02 Å². The molecule has 1 amide bonds. The molecule has 2 atom stereocenters. The number of nitrogens with zero attached hydrogens (tertiary/aromatic N) is 5. The first kappa shape index (κ1) is 24.0. The Bertz CT molecular complexity index is 1270. The largest absolute Gasteiger partial charge is 0.457 e. The quantitative estimate of drug-likeness (QED) is 0.367. The molecule has 0 bridgehead atoms. The smallest absolute Gasteiger partial charge is 0.237 e. The van der Waals surface area contributed by atoms with Gasteiger partial charge in [0.2, 0.25) is 5.91 Å². The lowest BCUT2D eigenvalue weighted by Gasteiger charge is -2.23. The Morgan fingerprint density at radius 3 is 2.58 bits per heavy atom. The number of hydrogen-bond acceptors (Lipinski definition) is 6. The van der Waals surface area contributed by atoms with E-state index in [1.807, 2.05) is 54.6 Å². The summed E-state index contributed by atoms with van der Waals surface area (Å²) in [5.41, 5.74) is 2.26. The Kier molecular flexibility index (Phi) is 7.54. The number of amides is 1. The number of likely N-dealkylation sites (tertiary alicyclic amines) is 1. The van der Waals surface area contributed by atoms with Gasteiger partial charge in [-0.15, -0.1) is 5.10 Å². The topological polar surface area (TPSA) is 85.2 Å². The summed E-state index contributed by atoms with van der Waals surface area (Å²) in [6.45, 7) is 1.87. The molecule has 1 aliphatic heterocycles. The number of benzene rings is 3. The van der Waals surface area contributed by atoms with E-state index in [4.69, 9.17) is 16.3 Å². The summed E-state index contributed by atoms with van der Waals surface area (Å²) in [6, 6.07) is 25.1. The average molecular weight is 503 g/mol. The third-order valence-electron chi connectivity index (χ3n) is 6.31. The predicted octanol–water partition coefficient (Wildman–Crippen LogP) is 4.29. The Morgan fingerprint density at radius 2 is 1.81 bits per heavy atom. The average Bonchev–Trinajstić information content (AvgIpc) is 3.57. The van der Waals surface area contributed by atoms with E-state index >= 15 is 0 Å². The molecule has 5 rings (SSSR count). The lowest BCUT2D eigenvalue weighted by Crippen LogP contribution is -2.43. The number of rotatable bonds is 9. The van der Waals surface area contributed by atoms with Crippen molar-refractivity contribution in [3.63, 3.8) is 0 Å². The number of halogens is 1. The molecule has 8 nitrogen and oxygen atoms in total. The zero-order chi connectivity index (χ0) is 24.7. The highest BCUT2D eigenvalue weighted by Crippen LogP contribution is 2.30. The number of aromatic nitrogens is 4. The van der Waals surface area contributed by atoms with Crippen molar-refractivity contribution in [2.45, 2.75) is 31.5 Å². The fraction of sp³-hybridized carbons (Fsp3) is 0.259. The number of carbonyl (C=O) groups is 1. The minimum Gasteiger partial charge on any atom is -0.457 e. The second-order valence-electron chi connectivity index (χ2n) is 8.85. The number of ether oxygens (including phenoxy) is 1. The van der Waals surface area contributed by atoms with Gasteiger partial charge >= 0.3 is 0 Å². The monoisotopic (exact) mass is 502 g/mol. The standard InChI is InChI=1S/C27H27ClN6O2/c28-22-9-11-24(12-10-22)36-25-8-4-7-21(15-25)17-33-18-23(34-19-30-31-32-34)16-26(33)27(35)29-14-13-20-5-2-1-3-6-20/h1-12,15,19,23,26H,13-14,16-18H2,(H,29,35)/t23-,26+/m1/s1. The van der Waals surface area contributed by atoms with Crippen molar-refractivity contribution in [1.29, 1.82) is 0 Å². The van der Waals surface area contributed by atoms with Crippen LogP contribution in [0.25, 0.3) is 0 Å². The van der Waals surface area contributed by atoms with Crippen LogP contribution in [0, 0.1) is 0 Å². The van der Waals surface area contributed by atoms with Crippen molar-refractivity contribution in [2.75, 3.05) is 13.1 Å². The SMILES string of the molecule is O=C(NCCc1ccccc1)[C@@H]1C[C@@H](n2cnnn2)CN1Cc1cccc(Oc2ccc(Cl)cc2)c1. The van der Waals surface area contributed by atoms with Crippen molar-refractivity contribution >= 4 is 17.5 Å². The minimum atomic E-state index is -0.282. The summed E-state index contributed by atoms with van der Waals surface area (Å²) in [7, 11) is 0. The van der Waals surface area contributed by atoms with E-state index in [2.05, 4.69) is 37.9 Å². The van der Waals surface area contributed by atoms with Crippen LogP contribution in [0.3, 0.4) is 0 Å². The van der Waals surface area contributed by atoms with Gasteiger partial charge in [0.15, 0.2) is 0 Å². The van der Waals surface area contributed by atoms with Crippen LogP contribution >= 0.6 is 11.6 Å². The Morgan fingerprint density at radius 1 is 1.00 bits per heavy atom. The number of hydrogen-bond donors (Lipinski definition) is 1. The first-order valence-electron chi connectivity index (χ1n) is 11.9. The zero-order valence-corrected chi connectivity index (χ0v) is 20.5. The minimum absolute atomic E-state index is 0.0232. The normalized spacial score (nSPS) is 17.7.